The van der Waals surface area contributed by atoms with Crippen molar-refractivity contribution < 1.29 is 13.6 Å². The molecule has 0 bridgehead atoms. The summed E-state index contributed by atoms with van der Waals surface area (Å²) in [6.45, 7) is 1.86. The predicted molar refractivity (Wildman–Crippen MR) is 79.5 cm³/mol. The summed E-state index contributed by atoms with van der Waals surface area (Å²) in [7, 11) is 0. The summed E-state index contributed by atoms with van der Waals surface area (Å²) in [5.41, 5.74) is 1.87. The fourth-order valence-corrected chi connectivity index (χ4v) is 2.31. The van der Waals surface area contributed by atoms with Crippen molar-refractivity contribution in [3.05, 3.63) is 59.9 Å². The average molecular weight is 301 g/mol. The minimum Gasteiger partial charge on any atom is -0.324 e. The van der Waals surface area contributed by atoms with E-state index in [1.165, 1.54) is 6.07 Å². The molecule has 0 saturated carbocycles. The van der Waals surface area contributed by atoms with Crippen molar-refractivity contribution in [2.24, 2.45) is 0 Å². The Morgan fingerprint density at radius 1 is 1.18 bits per heavy atom. The van der Waals surface area contributed by atoms with Crippen LogP contribution in [0.4, 0.5) is 14.5 Å². The lowest BCUT2D eigenvalue weighted by atomic mass is 10.3. The molecule has 0 radical (unpaired) electrons. The molecule has 112 valence electrons. The number of benzene rings is 2. The second-order valence-corrected chi connectivity index (χ2v) is 4.91. The van der Waals surface area contributed by atoms with Gasteiger partial charge in [0.25, 0.3) is 0 Å². The number of imidazole rings is 1. The maximum Gasteiger partial charge on any atom is 0.244 e. The molecule has 1 amide bonds. The number of hydrogen-bond donors (Lipinski definition) is 1. The van der Waals surface area contributed by atoms with Crippen LogP contribution in [0.15, 0.2) is 42.5 Å². The van der Waals surface area contributed by atoms with Gasteiger partial charge in [-0.1, -0.05) is 12.1 Å². The van der Waals surface area contributed by atoms with Gasteiger partial charge in [-0.15, -0.1) is 0 Å². The summed E-state index contributed by atoms with van der Waals surface area (Å²) in [6, 6.07) is 10.7. The summed E-state index contributed by atoms with van der Waals surface area (Å²) in [6.07, 6.45) is 0. The number of fused-ring (bicyclic) bond motifs is 1. The van der Waals surface area contributed by atoms with Crippen molar-refractivity contribution in [2.45, 2.75) is 13.5 Å². The molecule has 0 fully saturated rings. The van der Waals surface area contributed by atoms with Crippen molar-refractivity contribution in [3.63, 3.8) is 0 Å². The summed E-state index contributed by atoms with van der Waals surface area (Å²) in [5.74, 6) is -1.57. The van der Waals surface area contributed by atoms with Crippen molar-refractivity contribution in [1.82, 2.24) is 9.55 Å². The molecule has 22 heavy (non-hydrogen) atoms. The molecule has 1 aromatic heterocycles. The van der Waals surface area contributed by atoms with Gasteiger partial charge in [0.05, 0.1) is 11.0 Å². The van der Waals surface area contributed by atoms with Crippen LogP contribution in [0.3, 0.4) is 0 Å². The van der Waals surface area contributed by atoms with Crippen LogP contribution < -0.4 is 5.32 Å². The van der Waals surface area contributed by atoms with E-state index in [0.29, 0.717) is 5.82 Å². The fourth-order valence-electron chi connectivity index (χ4n) is 2.31. The number of aromatic nitrogens is 2. The van der Waals surface area contributed by atoms with Crippen LogP contribution in [0, 0.1) is 18.6 Å². The normalized spacial score (nSPS) is 10.9. The lowest BCUT2D eigenvalue weighted by Gasteiger charge is -2.08. The Balaban J connectivity index is 1.81. The number of nitrogens with zero attached hydrogens (tertiary/aromatic N) is 2. The van der Waals surface area contributed by atoms with Gasteiger partial charge in [0.2, 0.25) is 5.91 Å². The highest BCUT2D eigenvalue weighted by molar-refractivity contribution is 5.91. The molecule has 2 aromatic carbocycles. The molecule has 0 aliphatic rings. The van der Waals surface area contributed by atoms with Crippen LogP contribution in [-0.2, 0) is 11.3 Å². The number of anilines is 1. The minimum absolute atomic E-state index is 0.0470. The SMILES string of the molecule is Cc1nc2ccccc2n1CC(=O)Nc1ccc(F)c(F)c1. The van der Waals surface area contributed by atoms with Gasteiger partial charge in [0.1, 0.15) is 12.4 Å². The van der Waals surface area contributed by atoms with Crippen LogP contribution >= 0.6 is 0 Å². The quantitative estimate of drug-likeness (QED) is 0.807. The van der Waals surface area contributed by atoms with E-state index in [4.69, 9.17) is 0 Å². The third-order valence-electron chi connectivity index (χ3n) is 3.35. The molecule has 6 heteroatoms. The van der Waals surface area contributed by atoms with Gasteiger partial charge in [-0.05, 0) is 31.2 Å². The summed E-state index contributed by atoms with van der Waals surface area (Å²) in [4.78, 5) is 16.5. The third-order valence-corrected chi connectivity index (χ3v) is 3.35. The van der Waals surface area contributed by atoms with Crippen LogP contribution in [-0.4, -0.2) is 15.5 Å². The Kier molecular flexibility index (Phi) is 3.58. The van der Waals surface area contributed by atoms with E-state index in [1.54, 1.807) is 4.57 Å². The molecule has 0 saturated heterocycles. The molecule has 1 N–H and O–H groups in total. The zero-order valence-electron chi connectivity index (χ0n) is 11.8. The molecular formula is C16H13F2N3O. The first-order valence-corrected chi connectivity index (χ1v) is 6.71. The van der Waals surface area contributed by atoms with E-state index < -0.39 is 11.6 Å². The van der Waals surface area contributed by atoms with Crippen molar-refractivity contribution in [1.29, 1.82) is 0 Å². The zero-order valence-corrected chi connectivity index (χ0v) is 11.8. The van der Waals surface area contributed by atoms with Crippen molar-refractivity contribution in [2.75, 3.05) is 5.32 Å². The second kappa shape index (κ2) is 5.55. The van der Waals surface area contributed by atoms with Crippen LogP contribution in [0.5, 0.6) is 0 Å². The molecule has 4 nitrogen and oxygen atoms in total. The summed E-state index contributed by atoms with van der Waals surface area (Å²) >= 11 is 0. The Hall–Kier alpha value is -2.76. The highest BCUT2D eigenvalue weighted by Crippen LogP contribution is 2.16. The van der Waals surface area contributed by atoms with Gasteiger partial charge in [-0.2, -0.15) is 0 Å². The van der Waals surface area contributed by atoms with Gasteiger partial charge in [-0.3, -0.25) is 4.79 Å². The Morgan fingerprint density at radius 2 is 1.95 bits per heavy atom. The number of amides is 1. The number of rotatable bonds is 3. The van der Waals surface area contributed by atoms with E-state index >= 15 is 0 Å². The fraction of sp³-hybridized carbons (Fsp3) is 0.125. The molecular weight excluding hydrogens is 288 g/mol. The number of carbonyl (C=O) groups is 1. The highest BCUT2D eigenvalue weighted by atomic mass is 19.2. The Bertz CT molecular complexity index is 858. The lowest BCUT2D eigenvalue weighted by Crippen LogP contribution is -2.19. The van der Waals surface area contributed by atoms with Crippen LogP contribution in [0.1, 0.15) is 5.82 Å². The molecule has 0 spiro atoms. The maximum absolute atomic E-state index is 13.1. The summed E-state index contributed by atoms with van der Waals surface area (Å²) < 4.78 is 27.8. The van der Waals surface area contributed by atoms with Crippen LogP contribution in [0.25, 0.3) is 11.0 Å². The average Bonchev–Trinajstić information content (AvgIpc) is 2.79. The van der Waals surface area contributed by atoms with E-state index in [-0.39, 0.29) is 18.1 Å². The Morgan fingerprint density at radius 3 is 2.73 bits per heavy atom. The molecule has 0 aliphatic heterocycles. The first-order valence-electron chi connectivity index (χ1n) is 6.71. The number of carbonyl (C=O) groups excluding carboxylic acids is 1. The number of nitrogens with one attached hydrogen (secondary N) is 1. The highest BCUT2D eigenvalue weighted by Gasteiger charge is 2.11. The van der Waals surface area contributed by atoms with Crippen molar-refractivity contribution in [3.8, 4) is 0 Å². The number of hydrogen-bond acceptors (Lipinski definition) is 2. The van der Waals surface area contributed by atoms with Gasteiger partial charge >= 0.3 is 0 Å². The molecule has 3 rings (SSSR count). The van der Waals surface area contributed by atoms with Gasteiger partial charge in [0.15, 0.2) is 11.6 Å². The van der Waals surface area contributed by atoms with E-state index in [2.05, 4.69) is 10.3 Å². The number of halogens is 2. The van der Waals surface area contributed by atoms with Gasteiger partial charge in [-0.25, -0.2) is 13.8 Å². The third kappa shape index (κ3) is 2.67. The van der Waals surface area contributed by atoms with E-state index in [9.17, 15) is 13.6 Å². The predicted octanol–water partition coefficient (Wildman–Crippen LogP) is 3.26. The van der Waals surface area contributed by atoms with Gasteiger partial charge in [0, 0.05) is 11.8 Å². The lowest BCUT2D eigenvalue weighted by molar-refractivity contribution is -0.116. The first kappa shape index (κ1) is 14.2. The molecule has 0 atom stereocenters. The molecule has 0 unspecified atom stereocenters. The number of aryl methyl sites for hydroxylation is 1. The van der Waals surface area contributed by atoms with Crippen LogP contribution in [0.2, 0.25) is 0 Å². The molecule has 0 aliphatic carbocycles. The Labute approximate surface area is 125 Å². The molecule has 1 heterocycles. The van der Waals surface area contributed by atoms with E-state index in [0.717, 1.165) is 23.2 Å². The topological polar surface area (TPSA) is 46.9 Å². The zero-order chi connectivity index (χ0) is 15.7. The standard InChI is InChI=1S/C16H13F2N3O/c1-10-19-14-4-2-3-5-15(14)21(10)9-16(22)20-11-6-7-12(17)13(18)8-11/h2-8H,9H2,1H3,(H,20,22). The first-order chi connectivity index (χ1) is 10.5. The number of para-hydroxylation sites is 2. The second-order valence-electron chi connectivity index (χ2n) is 4.91. The maximum atomic E-state index is 13.1. The molecule has 3 aromatic rings. The minimum atomic E-state index is -0.998. The van der Waals surface area contributed by atoms with Crippen molar-refractivity contribution >= 4 is 22.6 Å². The largest absolute Gasteiger partial charge is 0.324 e. The summed E-state index contributed by atoms with van der Waals surface area (Å²) in [5, 5.41) is 2.55. The monoisotopic (exact) mass is 301 g/mol. The smallest absolute Gasteiger partial charge is 0.244 e. The van der Waals surface area contributed by atoms with E-state index in [1.807, 2.05) is 31.2 Å². The van der Waals surface area contributed by atoms with Gasteiger partial charge < -0.3 is 9.88 Å².